The Labute approximate surface area is 187 Å². The molecule has 0 saturated carbocycles. The van der Waals surface area contributed by atoms with Crippen LogP contribution in [0.25, 0.3) is 11.0 Å². The van der Waals surface area contributed by atoms with Crippen LogP contribution < -0.4 is 10.7 Å². The van der Waals surface area contributed by atoms with Crippen LogP contribution in [-0.2, 0) is 19.4 Å². The molecule has 1 saturated heterocycles. The molecule has 1 aliphatic heterocycles. The third kappa shape index (κ3) is 3.77. The molecule has 1 aliphatic carbocycles. The molecule has 1 N–H and O–H groups in total. The lowest BCUT2D eigenvalue weighted by molar-refractivity contribution is 0.0662. The van der Waals surface area contributed by atoms with Gasteiger partial charge in [-0.25, -0.2) is 4.98 Å². The van der Waals surface area contributed by atoms with E-state index < -0.39 is 0 Å². The number of likely N-dealkylation sites (N-methyl/N-ethyl adjacent to an activating group) is 1. The summed E-state index contributed by atoms with van der Waals surface area (Å²) in [6.45, 7) is 5.55. The van der Waals surface area contributed by atoms with Crippen molar-refractivity contribution in [3.05, 3.63) is 69.6 Å². The molecule has 7 heteroatoms. The Kier molecular flexibility index (Phi) is 5.43. The Balaban J connectivity index is 1.46. The van der Waals surface area contributed by atoms with E-state index in [-0.39, 0.29) is 22.9 Å². The summed E-state index contributed by atoms with van der Waals surface area (Å²) in [6, 6.07) is 10.6. The molecule has 0 radical (unpaired) electrons. The first-order valence-corrected chi connectivity index (χ1v) is 11.4. The Bertz CT molecular complexity index is 1200. The van der Waals surface area contributed by atoms with Crippen LogP contribution in [-0.4, -0.2) is 64.5 Å². The zero-order valence-corrected chi connectivity index (χ0v) is 18.7. The van der Waals surface area contributed by atoms with Crippen molar-refractivity contribution in [3.8, 4) is 0 Å². The maximum atomic E-state index is 13.4. The zero-order valence-electron chi connectivity index (χ0n) is 18.7. The van der Waals surface area contributed by atoms with Crippen molar-refractivity contribution < 1.29 is 4.79 Å². The number of benzene rings is 1. The largest absolute Gasteiger partial charge is 0.380 e. The molecule has 1 aromatic carbocycles. The second-order valence-corrected chi connectivity index (χ2v) is 8.87. The second kappa shape index (κ2) is 8.39. The number of carbonyl (C=O) groups excluding carboxylic acids is 1. The summed E-state index contributed by atoms with van der Waals surface area (Å²) in [7, 11) is 2.05. The quantitative estimate of drug-likeness (QED) is 0.687. The predicted molar refractivity (Wildman–Crippen MR) is 126 cm³/mol. The van der Waals surface area contributed by atoms with Crippen LogP contribution in [0.3, 0.4) is 0 Å². The minimum Gasteiger partial charge on any atom is -0.380 e. The van der Waals surface area contributed by atoms with Gasteiger partial charge in [0.15, 0.2) is 0 Å². The highest BCUT2D eigenvalue weighted by molar-refractivity contribution is 5.97. The van der Waals surface area contributed by atoms with E-state index in [1.54, 1.807) is 17.3 Å². The van der Waals surface area contributed by atoms with Crippen LogP contribution in [0.5, 0.6) is 0 Å². The number of aromatic nitrogens is 2. The van der Waals surface area contributed by atoms with E-state index in [0.717, 1.165) is 31.6 Å². The molecular weight excluding hydrogens is 402 g/mol. The maximum Gasteiger partial charge on any atom is 0.259 e. The molecular formula is C25H29N5O2. The van der Waals surface area contributed by atoms with Gasteiger partial charge >= 0.3 is 0 Å². The number of nitrogens with one attached hydrogen (secondary N) is 1. The number of hydrogen-bond acceptors (Lipinski definition) is 5. The Hall–Kier alpha value is -3.19. The van der Waals surface area contributed by atoms with Crippen LogP contribution in [0, 0.1) is 0 Å². The van der Waals surface area contributed by atoms with Crippen molar-refractivity contribution in [1.82, 2.24) is 19.4 Å². The van der Waals surface area contributed by atoms with Gasteiger partial charge in [0.2, 0.25) is 5.43 Å². The fraction of sp³-hybridized carbons (Fsp3) is 0.400. The topological polar surface area (TPSA) is 70.5 Å². The van der Waals surface area contributed by atoms with Crippen molar-refractivity contribution in [2.75, 3.05) is 38.5 Å². The lowest BCUT2D eigenvalue weighted by Gasteiger charge is -2.32. The summed E-state index contributed by atoms with van der Waals surface area (Å²) in [5.74, 6) is -0.184. The number of amides is 1. The first-order chi connectivity index (χ1) is 15.5. The number of pyridine rings is 2. The minimum absolute atomic E-state index is 0.184. The molecule has 3 aromatic rings. The summed E-state index contributed by atoms with van der Waals surface area (Å²) in [5, 5.41) is 4.04. The van der Waals surface area contributed by atoms with Crippen LogP contribution in [0.1, 0.15) is 28.4 Å². The number of anilines is 1. The highest BCUT2D eigenvalue weighted by atomic mass is 16.2. The molecule has 0 spiro atoms. The monoisotopic (exact) mass is 431 g/mol. The molecule has 1 fully saturated rings. The lowest BCUT2D eigenvalue weighted by Crippen LogP contribution is -2.48. The number of nitrogens with zero attached hydrogens (tertiary/aromatic N) is 4. The molecule has 2 aliphatic rings. The van der Waals surface area contributed by atoms with Crippen molar-refractivity contribution >= 4 is 22.6 Å². The number of hydrogen-bond donors (Lipinski definition) is 1. The van der Waals surface area contributed by atoms with Crippen molar-refractivity contribution in [1.29, 1.82) is 0 Å². The molecule has 0 atom stereocenters. The summed E-state index contributed by atoms with van der Waals surface area (Å²) in [4.78, 5) is 35.1. The number of aryl methyl sites for hydroxylation is 1. The number of carbonyl (C=O) groups is 1. The van der Waals surface area contributed by atoms with Gasteiger partial charge in [0.1, 0.15) is 11.2 Å². The smallest absolute Gasteiger partial charge is 0.259 e. The second-order valence-electron chi connectivity index (χ2n) is 8.87. The summed E-state index contributed by atoms with van der Waals surface area (Å²) in [6.07, 6.45) is 5.38. The van der Waals surface area contributed by atoms with Gasteiger partial charge in [0.05, 0.1) is 17.3 Å². The van der Waals surface area contributed by atoms with Crippen LogP contribution >= 0.6 is 0 Å². The molecule has 2 aromatic heterocycles. The van der Waals surface area contributed by atoms with E-state index in [1.807, 2.05) is 24.6 Å². The van der Waals surface area contributed by atoms with Gasteiger partial charge in [0, 0.05) is 45.0 Å². The number of rotatable bonds is 4. The summed E-state index contributed by atoms with van der Waals surface area (Å²) in [5.41, 5.74) is 4.17. The van der Waals surface area contributed by atoms with Crippen molar-refractivity contribution in [2.45, 2.75) is 32.4 Å². The average molecular weight is 432 g/mol. The van der Waals surface area contributed by atoms with Gasteiger partial charge < -0.3 is 19.7 Å². The van der Waals surface area contributed by atoms with E-state index in [1.165, 1.54) is 11.1 Å². The van der Waals surface area contributed by atoms with Crippen LogP contribution in [0.4, 0.5) is 5.69 Å². The van der Waals surface area contributed by atoms with E-state index >= 15 is 0 Å². The van der Waals surface area contributed by atoms with Gasteiger partial charge in [-0.1, -0.05) is 24.3 Å². The van der Waals surface area contributed by atoms with Crippen molar-refractivity contribution in [3.63, 3.8) is 0 Å². The molecule has 0 bridgehead atoms. The van der Waals surface area contributed by atoms with Crippen LogP contribution in [0.2, 0.25) is 0 Å². The van der Waals surface area contributed by atoms with Gasteiger partial charge in [-0.3, -0.25) is 9.59 Å². The molecule has 5 rings (SSSR count). The predicted octanol–water partition coefficient (Wildman–Crippen LogP) is 2.38. The van der Waals surface area contributed by atoms with Crippen molar-refractivity contribution in [2.24, 2.45) is 0 Å². The number of fused-ring (bicyclic) bond motifs is 2. The first-order valence-electron chi connectivity index (χ1n) is 11.4. The van der Waals surface area contributed by atoms with E-state index in [4.69, 9.17) is 0 Å². The lowest BCUT2D eigenvalue weighted by atomic mass is 10.1. The third-order valence-electron chi connectivity index (χ3n) is 6.70. The van der Waals surface area contributed by atoms with E-state index in [0.29, 0.717) is 30.7 Å². The average Bonchev–Trinajstić information content (AvgIpc) is 3.22. The molecule has 1 amide bonds. The first kappa shape index (κ1) is 20.7. The molecule has 7 nitrogen and oxygen atoms in total. The zero-order chi connectivity index (χ0) is 22.2. The minimum atomic E-state index is -0.237. The van der Waals surface area contributed by atoms with E-state index in [9.17, 15) is 9.59 Å². The van der Waals surface area contributed by atoms with Crippen LogP contribution in [0.15, 0.2) is 47.5 Å². The standard InChI is InChI=1S/C25H29N5O2/c1-3-29-16-22(25(32)30-10-8-28(2)9-11-30)23(31)21-14-20(15-26-24(21)29)27-19-12-17-6-4-5-7-18(17)13-19/h4-7,14-16,19,27H,3,8-13H2,1-2H3. The fourth-order valence-corrected chi connectivity index (χ4v) is 4.82. The molecule has 3 heterocycles. The highest BCUT2D eigenvalue weighted by Crippen LogP contribution is 2.25. The summed E-state index contributed by atoms with van der Waals surface area (Å²) >= 11 is 0. The molecule has 32 heavy (non-hydrogen) atoms. The maximum absolute atomic E-state index is 13.4. The molecule has 166 valence electrons. The Morgan fingerprint density at radius 3 is 2.47 bits per heavy atom. The molecule has 0 unspecified atom stereocenters. The van der Waals surface area contributed by atoms with Gasteiger partial charge in [-0.2, -0.15) is 0 Å². The third-order valence-corrected chi connectivity index (χ3v) is 6.70. The number of piperazine rings is 1. The Morgan fingerprint density at radius 1 is 1.12 bits per heavy atom. The highest BCUT2D eigenvalue weighted by Gasteiger charge is 2.25. The Morgan fingerprint density at radius 2 is 1.81 bits per heavy atom. The normalized spacial score (nSPS) is 17.0. The van der Waals surface area contributed by atoms with E-state index in [2.05, 4.69) is 39.5 Å². The van der Waals surface area contributed by atoms with Gasteiger partial charge in [-0.15, -0.1) is 0 Å². The SMILES string of the molecule is CCn1cc(C(=O)N2CCN(C)CC2)c(=O)c2cc(NC3Cc4ccccc4C3)cnc21. The summed E-state index contributed by atoms with van der Waals surface area (Å²) < 4.78 is 1.90. The fourth-order valence-electron chi connectivity index (χ4n) is 4.82. The van der Waals surface area contributed by atoms with Gasteiger partial charge in [-0.05, 0) is 44.0 Å². The van der Waals surface area contributed by atoms with Gasteiger partial charge in [0.25, 0.3) is 5.91 Å².